The van der Waals surface area contributed by atoms with Crippen molar-refractivity contribution in [3.05, 3.63) is 0 Å². The van der Waals surface area contributed by atoms with Crippen molar-refractivity contribution in [2.45, 2.75) is 70.7 Å². The Balaban J connectivity index is 1.68. The van der Waals surface area contributed by atoms with Crippen LogP contribution < -0.4 is 0 Å². The van der Waals surface area contributed by atoms with E-state index < -0.39 is 11.2 Å². The monoisotopic (exact) mass is 313 g/mol. The number of ether oxygens (including phenoxy) is 3. The van der Waals surface area contributed by atoms with Crippen molar-refractivity contribution in [1.29, 1.82) is 0 Å². The molecule has 1 atom stereocenters. The third-order valence-electron chi connectivity index (χ3n) is 3.76. The summed E-state index contributed by atoms with van der Waals surface area (Å²) in [7, 11) is 0. The summed E-state index contributed by atoms with van der Waals surface area (Å²) in [4.78, 5) is 25.3. The zero-order valence-electron chi connectivity index (χ0n) is 14.0. The Labute approximate surface area is 132 Å². The average Bonchev–Trinajstić information content (AvgIpc) is 2.84. The summed E-state index contributed by atoms with van der Waals surface area (Å²) >= 11 is 0. The molecule has 0 N–H and O–H groups in total. The van der Waals surface area contributed by atoms with Gasteiger partial charge in [-0.3, -0.25) is 4.79 Å². The highest BCUT2D eigenvalue weighted by Gasteiger charge is 2.46. The molecule has 0 spiro atoms. The van der Waals surface area contributed by atoms with Crippen LogP contribution in [-0.4, -0.2) is 54.0 Å². The van der Waals surface area contributed by atoms with Crippen LogP contribution in [0.2, 0.25) is 0 Å². The van der Waals surface area contributed by atoms with E-state index in [0.29, 0.717) is 25.9 Å². The van der Waals surface area contributed by atoms with Crippen LogP contribution in [0.5, 0.6) is 0 Å². The lowest BCUT2D eigenvalue weighted by atomic mass is 9.97. The van der Waals surface area contributed by atoms with Crippen molar-refractivity contribution in [2.24, 2.45) is 0 Å². The van der Waals surface area contributed by atoms with Gasteiger partial charge in [-0.1, -0.05) is 0 Å². The standard InChI is InChI=1S/C16H27NO5/c1-15(2,3)22-14(19)17-10-16(4,11-17)21-13(18)8-7-12-6-5-9-20-12/h12H,5-11H2,1-4H3/t12-/m0/s1. The molecule has 6 heteroatoms. The molecule has 22 heavy (non-hydrogen) atoms. The molecule has 126 valence electrons. The molecule has 2 heterocycles. The van der Waals surface area contributed by atoms with Crippen LogP contribution in [0.1, 0.15) is 53.4 Å². The summed E-state index contributed by atoms with van der Waals surface area (Å²) in [6.07, 6.45) is 3.01. The molecule has 0 aromatic carbocycles. The fraction of sp³-hybridized carbons (Fsp3) is 0.875. The SMILES string of the molecule is CC(C)(C)OC(=O)N1CC(C)(OC(=O)CC[C@@H]2CCCO2)C1. The van der Waals surface area contributed by atoms with Gasteiger partial charge in [0.15, 0.2) is 0 Å². The largest absolute Gasteiger partial charge is 0.456 e. The zero-order valence-corrected chi connectivity index (χ0v) is 14.0. The first-order valence-corrected chi connectivity index (χ1v) is 7.98. The quantitative estimate of drug-likeness (QED) is 0.746. The summed E-state index contributed by atoms with van der Waals surface area (Å²) in [5.74, 6) is -0.221. The summed E-state index contributed by atoms with van der Waals surface area (Å²) in [6, 6.07) is 0. The molecule has 0 aliphatic carbocycles. The lowest BCUT2D eigenvalue weighted by Crippen LogP contribution is -2.64. The molecular formula is C16H27NO5. The molecule has 2 aliphatic rings. The minimum absolute atomic E-state index is 0.194. The molecule has 0 saturated carbocycles. The number of likely N-dealkylation sites (tertiary alicyclic amines) is 1. The molecule has 6 nitrogen and oxygen atoms in total. The fourth-order valence-electron chi connectivity index (χ4n) is 2.76. The summed E-state index contributed by atoms with van der Waals surface area (Å²) in [5, 5.41) is 0. The normalized spacial score (nSPS) is 23.8. The number of carbonyl (C=O) groups excluding carboxylic acids is 2. The van der Waals surface area contributed by atoms with E-state index in [0.717, 1.165) is 19.4 Å². The number of hydrogen-bond donors (Lipinski definition) is 0. The topological polar surface area (TPSA) is 65.1 Å². The van der Waals surface area contributed by atoms with E-state index in [1.807, 2.05) is 27.7 Å². The minimum atomic E-state index is -0.593. The first kappa shape index (κ1) is 17.1. The van der Waals surface area contributed by atoms with Gasteiger partial charge < -0.3 is 19.1 Å². The van der Waals surface area contributed by atoms with E-state index >= 15 is 0 Å². The van der Waals surface area contributed by atoms with E-state index in [9.17, 15) is 9.59 Å². The van der Waals surface area contributed by atoms with Gasteiger partial charge in [-0.25, -0.2) is 4.79 Å². The highest BCUT2D eigenvalue weighted by Crippen LogP contribution is 2.27. The Morgan fingerprint density at radius 3 is 2.55 bits per heavy atom. The number of carbonyl (C=O) groups is 2. The molecule has 0 unspecified atom stereocenters. The van der Waals surface area contributed by atoms with Gasteiger partial charge in [0, 0.05) is 13.0 Å². The van der Waals surface area contributed by atoms with Crippen LogP contribution in [0.25, 0.3) is 0 Å². The molecule has 0 aromatic rings. The van der Waals surface area contributed by atoms with Gasteiger partial charge in [0.05, 0.1) is 19.2 Å². The number of hydrogen-bond acceptors (Lipinski definition) is 5. The van der Waals surface area contributed by atoms with E-state index in [1.54, 1.807) is 4.90 Å². The first-order valence-electron chi connectivity index (χ1n) is 7.98. The van der Waals surface area contributed by atoms with Gasteiger partial charge in [0.2, 0.25) is 0 Å². The molecular weight excluding hydrogens is 286 g/mol. The van der Waals surface area contributed by atoms with Crippen molar-refractivity contribution >= 4 is 12.1 Å². The van der Waals surface area contributed by atoms with Crippen LogP contribution in [0, 0.1) is 0 Å². The van der Waals surface area contributed by atoms with Gasteiger partial charge in [-0.05, 0) is 47.0 Å². The third kappa shape index (κ3) is 4.87. The van der Waals surface area contributed by atoms with Crippen LogP contribution >= 0.6 is 0 Å². The number of esters is 1. The smallest absolute Gasteiger partial charge is 0.410 e. The van der Waals surface area contributed by atoms with Crippen molar-refractivity contribution in [1.82, 2.24) is 4.90 Å². The molecule has 2 saturated heterocycles. The minimum Gasteiger partial charge on any atom is -0.456 e. The fourth-order valence-corrected chi connectivity index (χ4v) is 2.76. The molecule has 2 rings (SSSR count). The maximum Gasteiger partial charge on any atom is 0.410 e. The first-order chi connectivity index (χ1) is 10.2. The molecule has 0 radical (unpaired) electrons. The van der Waals surface area contributed by atoms with Gasteiger partial charge in [0.25, 0.3) is 0 Å². The second kappa shape index (κ2) is 6.44. The summed E-state index contributed by atoms with van der Waals surface area (Å²) in [6.45, 7) is 8.89. The zero-order chi connectivity index (χ0) is 16.4. The van der Waals surface area contributed by atoms with Gasteiger partial charge in [-0.15, -0.1) is 0 Å². The Hall–Kier alpha value is -1.30. The summed E-state index contributed by atoms with van der Waals surface area (Å²) in [5.41, 5.74) is -1.11. The number of amides is 1. The highest BCUT2D eigenvalue weighted by atomic mass is 16.6. The van der Waals surface area contributed by atoms with E-state index in [-0.39, 0.29) is 18.2 Å². The van der Waals surface area contributed by atoms with Gasteiger partial charge >= 0.3 is 12.1 Å². The van der Waals surface area contributed by atoms with Crippen LogP contribution in [0.4, 0.5) is 4.79 Å². The average molecular weight is 313 g/mol. The number of nitrogens with zero attached hydrogens (tertiary/aromatic N) is 1. The lowest BCUT2D eigenvalue weighted by Gasteiger charge is -2.46. The van der Waals surface area contributed by atoms with Crippen LogP contribution in [0.15, 0.2) is 0 Å². The molecule has 0 aromatic heterocycles. The maximum atomic E-state index is 11.9. The Morgan fingerprint density at radius 2 is 2.00 bits per heavy atom. The molecule has 0 bridgehead atoms. The maximum absolute atomic E-state index is 11.9. The van der Waals surface area contributed by atoms with Crippen molar-refractivity contribution in [2.75, 3.05) is 19.7 Å². The predicted octanol–water partition coefficient (Wildman–Crippen LogP) is 2.50. The second-order valence-corrected chi connectivity index (χ2v) is 7.43. The van der Waals surface area contributed by atoms with Gasteiger partial charge in [-0.2, -0.15) is 0 Å². The van der Waals surface area contributed by atoms with Crippen LogP contribution in [-0.2, 0) is 19.0 Å². The van der Waals surface area contributed by atoms with E-state index in [2.05, 4.69) is 0 Å². The van der Waals surface area contributed by atoms with Gasteiger partial charge in [0.1, 0.15) is 11.2 Å². The Morgan fingerprint density at radius 1 is 1.32 bits per heavy atom. The van der Waals surface area contributed by atoms with Crippen molar-refractivity contribution in [3.63, 3.8) is 0 Å². The third-order valence-corrected chi connectivity index (χ3v) is 3.76. The number of rotatable bonds is 4. The summed E-state index contributed by atoms with van der Waals surface area (Å²) < 4.78 is 16.3. The van der Waals surface area contributed by atoms with E-state index in [1.165, 1.54) is 0 Å². The molecule has 2 fully saturated rings. The van der Waals surface area contributed by atoms with Crippen LogP contribution in [0.3, 0.4) is 0 Å². The second-order valence-electron chi connectivity index (χ2n) is 7.43. The Kier molecular flexibility index (Phi) is 5.00. The van der Waals surface area contributed by atoms with E-state index in [4.69, 9.17) is 14.2 Å². The van der Waals surface area contributed by atoms with Crippen molar-refractivity contribution < 1.29 is 23.8 Å². The molecule has 2 aliphatic heterocycles. The predicted molar refractivity (Wildman–Crippen MR) is 80.5 cm³/mol. The lowest BCUT2D eigenvalue weighted by molar-refractivity contribution is -0.175. The Bertz CT molecular complexity index is 417. The van der Waals surface area contributed by atoms with Crippen molar-refractivity contribution in [3.8, 4) is 0 Å². The highest BCUT2D eigenvalue weighted by molar-refractivity contribution is 5.72. The molecule has 1 amide bonds.